The molecule has 1 saturated heterocycles. The van der Waals surface area contributed by atoms with Crippen molar-refractivity contribution >= 4 is 29.5 Å². The van der Waals surface area contributed by atoms with Gasteiger partial charge in [-0.2, -0.15) is 0 Å². The number of esters is 1. The summed E-state index contributed by atoms with van der Waals surface area (Å²) in [6, 6.07) is 15.1. The number of anilines is 1. The summed E-state index contributed by atoms with van der Waals surface area (Å²) in [4.78, 5) is 49.5. The van der Waals surface area contributed by atoms with Gasteiger partial charge in [0, 0.05) is 11.3 Å². The Morgan fingerprint density at radius 3 is 2.33 bits per heavy atom. The van der Waals surface area contributed by atoms with Gasteiger partial charge in [-0.1, -0.05) is 37.3 Å². The number of carbonyl (C=O) groups excluding carboxylic acids is 4. The van der Waals surface area contributed by atoms with Crippen LogP contribution in [0.15, 0.2) is 54.6 Å². The van der Waals surface area contributed by atoms with Crippen molar-refractivity contribution in [3.8, 4) is 0 Å². The van der Waals surface area contributed by atoms with Crippen molar-refractivity contribution in [2.45, 2.75) is 32.4 Å². The number of nitrogens with zero attached hydrogens (tertiary/aromatic N) is 1. The fourth-order valence-electron chi connectivity index (χ4n) is 2.95. The highest BCUT2D eigenvalue weighted by molar-refractivity contribution is 6.08. The Kier molecular flexibility index (Phi) is 6.15. The molecule has 4 amide bonds. The third-order valence-electron chi connectivity index (χ3n) is 4.99. The maximum Gasteiger partial charge on any atom is 0.326 e. The van der Waals surface area contributed by atoms with E-state index in [9.17, 15) is 19.2 Å². The monoisotopic (exact) mass is 409 g/mol. The number of rotatable bonds is 7. The molecule has 0 unspecified atom stereocenters. The van der Waals surface area contributed by atoms with Gasteiger partial charge in [-0.25, -0.2) is 4.79 Å². The largest absolute Gasteiger partial charge is 0.459 e. The SMILES string of the molecule is CC[C@@]1(C)NC(=O)N(CC(=O)OCc2ccc(C(=O)Nc3ccccc3)cc2)C1=O. The van der Waals surface area contributed by atoms with Crippen LogP contribution in [-0.2, 0) is 20.9 Å². The van der Waals surface area contributed by atoms with Crippen molar-refractivity contribution in [3.63, 3.8) is 0 Å². The van der Waals surface area contributed by atoms with Crippen molar-refractivity contribution in [1.29, 1.82) is 0 Å². The molecule has 1 aliphatic rings. The van der Waals surface area contributed by atoms with Crippen LogP contribution in [0.2, 0.25) is 0 Å². The van der Waals surface area contributed by atoms with Gasteiger partial charge in [-0.05, 0) is 43.2 Å². The average molecular weight is 409 g/mol. The van der Waals surface area contributed by atoms with E-state index in [0.717, 1.165) is 4.90 Å². The van der Waals surface area contributed by atoms with Crippen LogP contribution in [0.1, 0.15) is 36.2 Å². The molecule has 0 bridgehead atoms. The van der Waals surface area contributed by atoms with E-state index in [-0.39, 0.29) is 12.5 Å². The highest BCUT2D eigenvalue weighted by atomic mass is 16.5. The first kappa shape index (κ1) is 21.0. The van der Waals surface area contributed by atoms with Crippen LogP contribution in [0, 0.1) is 0 Å². The van der Waals surface area contributed by atoms with E-state index in [1.54, 1.807) is 50.2 Å². The van der Waals surface area contributed by atoms with Gasteiger partial charge in [0.25, 0.3) is 11.8 Å². The minimum atomic E-state index is -0.993. The zero-order chi connectivity index (χ0) is 21.7. The van der Waals surface area contributed by atoms with Gasteiger partial charge in [-0.15, -0.1) is 0 Å². The number of carbonyl (C=O) groups is 4. The van der Waals surface area contributed by atoms with Crippen molar-refractivity contribution in [3.05, 3.63) is 65.7 Å². The number of hydrogen-bond donors (Lipinski definition) is 2. The zero-order valence-corrected chi connectivity index (χ0v) is 16.8. The lowest BCUT2D eigenvalue weighted by atomic mass is 9.99. The van der Waals surface area contributed by atoms with Gasteiger partial charge in [0.1, 0.15) is 18.7 Å². The van der Waals surface area contributed by atoms with E-state index < -0.39 is 30.0 Å². The number of benzene rings is 2. The first-order chi connectivity index (χ1) is 14.3. The second kappa shape index (κ2) is 8.77. The van der Waals surface area contributed by atoms with E-state index in [1.807, 2.05) is 18.2 Å². The standard InChI is InChI=1S/C22H23N3O5/c1-3-22(2)20(28)25(21(29)24-22)13-18(26)30-14-15-9-11-16(12-10-15)19(27)23-17-7-5-4-6-8-17/h4-12H,3,13-14H2,1-2H3,(H,23,27)(H,24,29)/t22-/m1/s1. The van der Waals surface area contributed by atoms with Crippen molar-refractivity contribution in [2.24, 2.45) is 0 Å². The van der Waals surface area contributed by atoms with E-state index in [0.29, 0.717) is 23.2 Å². The van der Waals surface area contributed by atoms with Crippen LogP contribution in [0.3, 0.4) is 0 Å². The van der Waals surface area contributed by atoms with Crippen molar-refractivity contribution < 1.29 is 23.9 Å². The molecule has 0 saturated carbocycles. The second-order valence-corrected chi connectivity index (χ2v) is 7.18. The molecule has 2 N–H and O–H groups in total. The molecule has 156 valence electrons. The van der Waals surface area contributed by atoms with Gasteiger partial charge in [0.05, 0.1) is 0 Å². The molecule has 0 aliphatic carbocycles. The van der Waals surface area contributed by atoms with Gasteiger partial charge in [-0.3, -0.25) is 19.3 Å². The maximum atomic E-state index is 12.3. The fraction of sp³-hybridized carbons (Fsp3) is 0.273. The lowest BCUT2D eigenvalue weighted by molar-refractivity contribution is -0.148. The third kappa shape index (κ3) is 4.65. The van der Waals surface area contributed by atoms with E-state index in [1.165, 1.54) is 0 Å². The molecular weight excluding hydrogens is 386 g/mol. The Balaban J connectivity index is 1.51. The third-order valence-corrected chi connectivity index (χ3v) is 4.99. The van der Waals surface area contributed by atoms with Crippen LogP contribution in [0.25, 0.3) is 0 Å². The number of imide groups is 1. The molecule has 8 heteroatoms. The first-order valence-electron chi connectivity index (χ1n) is 9.57. The summed E-state index contributed by atoms with van der Waals surface area (Å²) in [5.74, 6) is -1.38. The van der Waals surface area contributed by atoms with Crippen LogP contribution in [-0.4, -0.2) is 40.8 Å². The Morgan fingerprint density at radius 1 is 1.07 bits per heavy atom. The summed E-state index contributed by atoms with van der Waals surface area (Å²) in [6.45, 7) is 2.92. The Hall–Kier alpha value is -3.68. The van der Waals surface area contributed by atoms with Gasteiger partial charge < -0.3 is 15.4 Å². The lowest BCUT2D eigenvalue weighted by Gasteiger charge is -2.18. The van der Waals surface area contributed by atoms with Crippen molar-refractivity contribution in [1.82, 2.24) is 10.2 Å². The summed E-state index contributed by atoms with van der Waals surface area (Å²) in [7, 11) is 0. The molecule has 1 fully saturated rings. The maximum absolute atomic E-state index is 12.3. The number of urea groups is 1. The molecule has 3 rings (SSSR count). The van der Waals surface area contributed by atoms with Crippen LogP contribution in [0.5, 0.6) is 0 Å². The van der Waals surface area contributed by atoms with Gasteiger partial charge in [0.15, 0.2) is 0 Å². The number of hydrogen-bond acceptors (Lipinski definition) is 5. The van der Waals surface area contributed by atoms with E-state index >= 15 is 0 Å². The van der Waals surface area contributed by atoms with E-state index in [4.69, 9.17) is 4.74 Å². The molecule has 1 aliphatic heterocycles. The number of ether oxygens (including phenoxy) is 1. The molecule has 0 aromatic heterocycles. The Bertz CT molecular complexity index is 958. The zero-order valence-electron chi connectivity index (χ0n) is 16.8. The lowest BCUT2D eigenvalue weighted by Crippen LogP contribution is -2.43. The summed E-state index contributed by atoms with van der Waals surface area (Å²) in [5, 5.41) is 5.37. The van der Waals surface area contributed by atoms with Crippen molar-refractivity contribution in [2.75, 3.05) is 11.9 Å². The minimum Gasteiger partial charge on any atom is -0.459 e. The highest BCUT2D eigenvalue weighted by Gasteiger charge is 2.47. The predicted octanol–water partition coefficient (Wildman–Crippen LogP) is 2.70. The molecule has 8 nitrogen and oxygen atoms in total. The normalized spacial score (nSPS) is 18.1. The molecule has 0 spiro atoms. The average Bonchev–Trinajstić information content (AvgIpc) is 2.97. The van der Waals surface area contributed by atoms with Gasteiger partial charge >= 0.3 is 12.0 Å². The van der Waals surface area contributed by atoms with Crippen LogP contribution < -0.4 is 10.6 Å². The molecule has 0 radical (unpaired) electrons. The molecule has 2 aromatic carbocycles. The van der Waals surface area contributed by atoms with Crippen LogP contribution in [0.4, 0.5) is 10.5 Å². The smallest absolute Gasteiger partial charge is 0.326 e. The summed E-state index contributed by atoms with van der Waals surface area (Å²) in [5.41, 5.74) is 0.843. The quantitative estimate of drug-likeness (QED) is 0.540. The molecule has 2 aromatic rings. The van der Waals surface area contributed by atoms with E-state index in [2.05, 4.69) is 10.6 Å². The summed E-state index contributed by atoms with van der Waals surface area (Å²) in [6.07, 6.45) is 0.424. The molecular formula is C22H23N3O5. The highest BCUT2D eigenvalue weighted by Crippen LogP contribution is 2.20. The number of amides is 4. The Morgan fingerprint density at radius 2 is 1.73 bits per heavy atom. The fourth-order valence-corrected chi connectivity index (χ4v) is 2.95. The molecule has 1 heterocycles. The minimum absolute atomic E-state index is 0.0336. The first-order valence-corrected chi connectivity index (χ1v) is 9.57. The summed E-state index contributed by atoms with van der Waals surface area (Å²) >= 11 is 0. The van der Waals surface area contributed by atoms with Gasteiger partial charge in [0.2, 0.25) is 0 Å². The molecule has 30 heavy (non-hydrogen) atoms. The Labute approximate surface area is 174 Å². The predicted molar refractivity (Wildman–Crippen MR) is 110 cm³/mol. The number of para-hydroxylation sites is 1. The summed E-state index contributed by atoms with van der Waals surface area (Å²) < 4.78 is 5.17. The number of nitrogens with one attached hydrogen (secondary N) is 2. The second-order valence-electron chi connectivity index (χ2n) is 7.18. The topological polar surface area (TPSA) is 105 Å². The molecule has 1 atom stereocenters. The van der Waals surface area contributed by atoms with Crippen LogP contribution >= 0.6 is 0 Å².